The van der Waals surface area contributed by atoms with E-state index < -0.39 is 5.97 Å². The Kier molecular flexibility index (Phi) is 7.45. The van der Waals surface area contributed by atoms with Gasteiger partial charge in [-0.1, -0.05) is 18.2 Å². The number of para-hydroxylation sites is 1. The molecule has 7 nitrogen and oxygen atoms in total. The van der Waals surface area contributed by atoms with Gasteiger partial charge in [0.25, 0.3) is 5.91 Å². The first-order chi connectivity index (χ1) is 13.5. The van der Waals surface area contributed by atoms with Gasteiger partial charge in [0.05, 0.1) is 21.3 Å². The van der Waals surface area contributed by atoms with Crippen LogP contribution in [0.5, 0.6) is 17.2 Å². The number of hydrogen-bond acceptors (Lipinski definition) is 6. The minimum absolute atomic E-state index is 0.333. The Morgan fingerprint density at radius 1 is 0.964 bits per heavy atom. The van der Waals surface area contributed by atoms with Gasteiger partial charge < -0.3 is 23.8 Å². The van der Waals surface area contributed by atoms with E-state index in [4.69, 9.17) is 18.9 Å². The lowest BCUT2D eigenvalue weighted by molar-refractivity contribution is -0.142. The molecule has 0 aliphatic heterocycles. The zero-order valence-electron chi connectivity index (χ0n) is 16.3. The number of amides is 1. The largest absolute Gasteiger partial charge is 0.493 e. The van der Waals surface area contributed by atoms with Crippen LogP contribution in [0, 0.1) is 0 Å². The summed E-state index contributed by atoms with van der Waals surface area (Å²) in [5, 5.41) is 0. The van der Waals surface area contributed by atoms with Crippen molar-refractivity contribution in [2.24, 2.45) is 0 Å². The SMILES string of the molecule is COc1cc(C=CC(=O)OCC(=O)N(C)c2ccccc2)cc(OC)c1OC. The molecule has 28 heavy (non-hydrogen) atoms. The molecule has 0 aliphatic rings. The van der Waals surface area contributed by atoms with Crippen LogP contribution in [-0.4, -0.2) is 46.9 Å². The molecule has 0 spiro atoms. The molecule has 2 aromatic rings. The van der Waals surface area contributed by atoms with E-state index >= 15 is 0 Å². The quantitative estimate of drug-likeness (QED) is 0.514. The number of hydrogen-bond donors (Lipinski definition) is 0. The smallest absolute Gasteiger partial charge is 0.331 e. The normalized spacial score (nSPS) is 10.4. The number of carbonyl (C=O) groups is 2. The van der Waals surface area contributed by atoms with E-state index in [1.807, 2.05) is 18.2 Å². The number of carbonyl (C=O) groups excluding carboxylic acids is 2. The average Bonchev–Trinajstić information content (AvgIpc) is 2.74. The zero-order chi connectivity index (χ0) is 20.5. The topological polar surface area (TPSA) is 74.3 Å². The van der Waals surface area contributed by atoms with Crippen LogP contribution in [-0.2, 0) is 14.3 Å². The predicted octanol–water partition coefficient (Wildman–Crippen LogP) is 2.93. The summed E-state index contributed by atoms with van der Waals surface area (Å²) in [5.74, 6) is 0.424. The Morgan fingerprint density at radius 3 is 2.11 bits per heavy atom. The van der Waals surface area contributed by atoms with Crippen molar-refractivity contribution in [3.63, 3.8) is 0 Å². The minimum Gasteiger partial charge on any atom is -0.493 e. The van der Waals surface area contributed by atoms with E-state index in [1.54, 1.807) is 31.3 Å². The van der Waals surface area contributed by atoms with Gasteiger partial charge in [-0.25, -0.2) is 4.79 Å². The van der Waals surface area contributed by atoms with Gasteiger partial charge in [-0.15, -0.1) is 0 Å². The van der Waals surface area contributed by atoms with E-state index in [9.17, 15) is 9.59 Å². The predicted molar refractivity (Wildman–Crippen MR) is 106 cm³/mol. The van der Waals surface area contributed by atoms with Crippen LogP contribution < -0.4 is 19.1 Å². The van der Waals surface area contributed by atoms with E-state index in [0.29, 0.717) is 22.8 Å². The fourth-order valence-corrected chi connectivity index (χ4v) is 2.44. The van der Waals surface area contributed by atoms with Gasteiger partial charge in [0.2, 0.25) is 5.75 Å². The molecule has 1 amide bonds. The van der Waals surface area contributed by atoms with Crippen LogP contribution in [0.1, 0.15) is 5.56 Å². The first kappa shape index (κ1) is 20.8. The van der Waals surface area contributed by atoms with Crippen molar-refractivity contribution in [1.29, 1.82) is 0 Å². The van der Waals surface area contributed by atoms with Gasteiger partial charge in [-0.3, -0.25) is 4.79 Å². The van der Waals surface area contributed by atoms with Crippen LogP contribution in [0.25, 0.3) is 6.08 Å². The molecule has 7 heteroatoms. The molecule has 0 atom stereocenters. The number of rotatable bonds is 8. The molecule has 0 aliphatic carbocycles. The highest BCUT2D eigenvalue weighted by molar-refractivity contribution is 5.96. The lowest BCUT2D eigenvalue weighted by atomic mass is 10.1. The second-order valence-electron chi connectivity index (χ2n) is 5.69. The van der Waals surface area contributed by atoms with Crippen molar-refractivity contribution in [1.82, 2.24) is 0 Å². The van der Waals surface area contributed by atoms with Crippen LogP contribution in [0.2, 0.25) is 0 Å². The molecule has 0 heterocycles. The Balaban J connectivity index is 1.99. The molecule has 2 rings (SSSR count). The van der Waals surface area contributed by atoms with Gasteiger partial charge in [-0.2, -0.15) is 0 Å². The molecular formula is C21H23NO6. The Bertz CT molecular complexity index is 822. The molecule has 0 bridgehead atoms. The summed E-state index contributed by atoms with van der Waals surface area (Å²) >= 11 is 0. The third-order valence-corrected chi connectivity index (χ3v) is 3.95. The van der Waals surface area contributed by atoms with Crippen LogP contribution in [0.15, 0.2) is 48.5 Å². The van der Waals surface area contributed by atoms with Crippen LogP contribution in [0.3, 0.4) is 0 Å². The Hall–Kier alpha value is -3.48. The number of likely N-dealkylation sites (N-methyl/N-ethyl adjacent to an activating group) is 1. The maximum absolute atomic E-state index is 12.1. The van der Waals surface area contributed by atoms with Gasteiger partial charge in [0.1, 0.15) is 0 Å². The molecule has 0 fully saturated rings. The van der Waals surface area contributed by atoms with Crippen LogP contribution in [0.4, 0.5) is 5.69 Å². The van der Waals surface area contributed by atoms with Crippen molar-refractivity contribution < 1.29 is 28.5 Å². The van der Waals surface area contributed by atoms with Crippen molar-refractivity contribution in [3.05, 3.63) is 54.1 Å². The molecule has 0 radical (unpaired) electrons. The summed E-state index contributed by atoms with van der Waals surface area (Å²) in [6.45, 7) is -0.357. The summed E-state index contributed by atoms with van der Waals surface area (Å²) in [4.78, 5) is 25.5. The molecule has 0 saturated carbocycles. The number of nitrogens with zero attached hydrogens (tertiary/aromatic N) is 1. The number of ether oxygens (including phenoxy) is 4. The third-order valence-electron chi connectivity index (χ3n) is 3.95. The average molecular weight is 385 g/mol. The maximum Gasteiger partial charge on any atom is 0.331 e. The van der Waals surface area contributed by atoms with Crippen molar-refractivity contribution in [3.8, 4) is 17.2 Å². The Morgan fingerprint density at radius 2 is 1.57 bits per heavy atom. The highest BCUT2D eigenvalue weighted by atomic mass is 16.5. The first-order valence-corrected chi connectivity index (χ1v) is 8.46. The summed E-state index contributed by atoms with van der Waals surface area (Å²) in [6, 6.07) is 12.5. The summed E-state index contributed by atoms with van der Waals surface area (Å²) < 4.78 is 20.8. The number of anilines is 1. The minimum atomic E-state index is -0.636. The van der Waals surface area contributed by atoms with Crippen molar-refractivity contribution in [2.75, 3.05) is 39.9 Å². The van der Waals surface area contributed by atoms with Gasteiger partial charge in [0, 0.05) is 18.8 Å². The molecule has 0 N–H and O–H groups in total. The standard InChI is InChI=1S/C21H23NO6/c1-22(16-8-6-5-7-9-16)19(23)14-28-20(24)11-10-15-12-17(25-2)21(27-4)18(13-15)26-3/h5-13H,14H2,1-4H3. The molecular weight excluding hydrogens is 362 g/mol. The van der Waals surface area contributed by atoms with Crippen molar-refractivity contribution in [2.45, 2.75) is 0 Å². The highest BCUT2D eigenvalue weighted by Crippen LogP contribution is 2.38. The molecule has 0 saturated heterocycles. The second kappa shape index (κ2) is 10.0. The highest BCUT2D eigenvalue weighted by Gasteiger charge is 2.14. The molecule has 0 aromatic heterocycles. The van der Waals surface area contributed by atoms with Crippen molar-refractivity contribution >= 4 is 23.6 Å². The van der Waals surface area contributed by atoms with E-state index in [2.05, 4.69) is 0 Å². The fraction of sp³-hybridized carbons (Fsp3) is 0.238. The summed E-state index contributed by atoms with van der Waals surface area (Å²) in [5.41, 5.74) is 1.37. The van der Waals surface area contributed by atoms with E-state index in [0.717, 1.165) is 5.69 Å². The lowest BCUT2D eigenvalue weighted by Gasteiger charge is -2.16. The van der Waals surface area contributed by atoms with E-state index in [-0.39, 0.29) is 12.5 Å². The second-order valence-corrected chi connectivity index (χ2v) is 5.69. The number of esters is 1. The molecule has 0 unspecified atom stereocenters. The molecule has 2 aromatic carbocycles. The first-order valence-electron chi connectivity index (χ1n) is 8.46. The maximum atomic E-state index is 12.1. The zero-order valence-corrected chi connectivity index (χ0v) is 16.3. The van der Waals surface area contributed by atoms with Gasteiger partial charge in [0.15, 0.2) is 18.1 Å². The monoisotopic (exact) mass is 385 g/mol. The lowest BCUT2D eigenvalue weighted by Crippen LogP contribution is -2.30. The van der Waals surface area contributed by atoms with Gasteiger partial charge >= 0.3 is 5.97 Å². The summed E-state index contributed by atoms with van der Waals surface area (Å²) in [7, 11) is 6.15. The number of methoxy groups -OCH3 is 3. The Labute approximate surface area is 164 Å². The van der Waals surface area contributed by atoms with Crippen LogP contribution >= 0.6 is 0 Å². The number of benzene rings is 2. The third kappa shape index (κ3) is 5.26. The molecule has 148 valence electrons. The van der Waals surface area contributed by atoms with Gasteiger partial charge in [-0.05, 0) is 35.9 Å². The van der Waals surface area contributed by atoms with E-state index in [1.165, 1.54) is 38.4 Å². The fourth-order valence-electron chi connectivity index (χ4n) is 2.44. The summed E-state index contributed by atoms with van der Waals surface area (Å²) in [6.07, 6.45) is 2.77.